The van der Waals surface area contributed by atoms with Crippen molar-refractivity contribution in [3.63, 3.8) is 0 Å². The number of anilines is 5. The van der Waals surface area contributed by atoms with Crippen molar-refractivity contribution < 1.29 is 27.2 Å². The number of halogens is 3. The molecule has 1 fully saturated rings. The van der Waals surface area contributed by atoms with Crippen molar-refractivity contribution in [2.75, 3.05) is 62.3 Å². The molecule has 2 N–H and O–H groups in total. The first kappa shape index (κ1) is 25.8. The van der Waals surface area contributed by atoms with Crippen molar-refractivity contribution in [1.82, 2.24) is 9.97 Å². The molecular formula is C24H27F3N5O3P. The number of benzene rings is 2. The molecule has 0 saturated carbocycles. The fourth-order valence-corrected chi connectivity index (χ4v) is 4.56. The molecular weight excluding hydrogens is 494 g/mol. The number of nitrogens with zero attached hydrogens (tertiary/aromatic N) is 3. The van der Waals surface area contributed by atoms with Crippen LogP contribution in [0.2, 0.25) is 0 Å². The number of morpholine rings is 1. The maximum Gasteiger partial charge on any atom is 0.421 e. The third kappa shape index (κ3) is 6.09. The van der Waals surface area contributed by atoms with Gasteiger partial charge in [0.05, 0.1) is 26.0 Å². The number of rotatable bonds is 7. The summed E-state index contributed by atoms with van der Waals surface area (Å²) in [5.41, 5.74) is 0.843. The number of hydrogen-bond acceptors (Lipinski definition) is 8. The largest absolute Gasteiger partial charge is 0.495 e. The Kier molecular flexibility index (Phi) is 7.42. The fraction of sp³-hybridized carbons (Fsp3) is 0.333. The van der Waals surface area contributed by atoms with Gasteiger partial charge >= 0.3 is 6.18 Å². The summed E-state index contributed by atoms with van der Waals surface area (Å²) in [4.78, 5) is 10.1. The van der Waals surface area contributed by atoms with Gasteiger partial charge in [-0.3, -0.25) is 0 Å². The normalized spacial score (nSPS) is 14.4. The van der Waals surface area contributed by atoms with Crippen LogP contribution in [0.3, 0.4) is 0 Å². The molecule has 192 valence electrons. The van der Waals surface area contributed by atoms with Crippen LogP contribution in [0.4, 0.5) is 42.0 Å². The van der Waals surface area contributed by atoms with E-state index in [1.54, 1.807) is 43.7 Å². The van der Waals surface area contributed by atoms with Crippen LogP contribution >= 0.6 is 7.14 Å². The highest BCUT2D eigenvalue weighted by Gasteiger charge is 2.35. The minimum atomic E-state index is -4.66. The van der Waals surface area contributed by atoms with E-state index >= 15 is 0 Å². The van der Waals surface area contributed by atoms with Gasteiger partial charge in [0.25, 0.3) is 0 Å². The Morgan fingerprint density at radius 3 is 2.36 bits per heavy atom. The summed E-state index contributed by atoms with van der Waals surface area (Å²) in [5.74, 6) is -0.0767. The van der Waals surface area contributed by atoms with E-state index in [1.807, 2.05) is 12.1 Å². The lowest BCUT2D eigenvalue weighted by molar-refractivity contribution is -0.137. The van der Waals surface area contributed by atoms with Crippen LogP contribution < -0.4 is 25.6 Å². The number of nitrogens with one attached hydrogen (secondary N) is 2. The molecule has 4 rings (SSSR count). The minimum absolute atomic E-state index is 0.0577. The number of alkyl halides is 3. The standard InChI is InChI=1S/C24H27F3N5O3P/c1-34-21-14-18(36(2,3)33)8-9-20(21)30-23-28-15-19(24(25,26)27)22(31-23)29-16-4-6-17(7-5-16)32-10-12-35-13-11-32/h4-9,14-15H,10-13H2,1-3H3,(H2,28,29,30,31). The summed E-state index contributed by atoms with van der Waals surface area (Å²) in [7, 11) is -1.08. The molecule has 0 spiro atoms. The molecule has 12 heteroatoms. The first-order valence-corrected chi connectivity index (χ1v) is 13.8. The number of ether oxygens (including phenoxy) is 2. The van der Waals surface area contributed by atoms with Gasteiger partial charge in [0, 0.05) is 36.0 Å². The highest BCUT2D eigenvalue weighted by Crippen LogP contribution is 2.39. The lowest BCUT2D eigenvalue weighted by Crippen LogP contribution is -2.36. The zero-order chi connectivity index (χ0) is 25.9. The van der Waals surface area contributed by atoms with E-state index < -0.39 is 18.9 Å². The Balaban J connectivity index is 1.60. The van der Waals surface area contributed by atoms with E-state index in [0.717, 1.165) is 25.0 Å². The first-order valence-electron chi connectivity index (χ1n) is 11.2. The first-order chi connectivity index (χ1) is 17.0. The molecule has 2 aromatic carbocycles. The van der Waals surface area contributed by atoms with Gasteiger partial charge in [0.2, 0.25) is 5.95 Å². The van der Waals surface area contributed by atoms with E-state index in [1.165, 1.54) is 7.11 Å². The second-order valence-corrected chi connectivity index (χ2v) is 11.8. The topological polar surface area (TPSA) is 88.6 Å². The monoisotopic (exact) mass is 521 g/mol. The fourth-order valence-electron chi connectivity index (χ4n) is 3.70. The van der Waals surface area contributed by atoms with Crippen molar-refractivity contribution in [3.8, 4) is 5.75 Å². The third-order valence-electron chi connectivity index (χ3n) is 5.65. The Morgan fingerprint density at radius 1 is 1.06 bits per heavy atom. The van der Waals surface area contributed by atoms with Crippen LogP contribution in [0, 0.1) is 0 Å². The Hall–Kier alpha value is -3.30. The zero-order valence-corrected chi connectivity index (χ0v) is 21.0. The van der Waals surface area contributed by atoms with Gasteiger partial charge in [0.15, 0.2) is 0 Å². The number of methoxy groups -OCH3 is 1. The van der Waals surface area contributed by atoms with Gasteiger partial charge in [-0.25, -0.2) is 4.98 Å². The van der Waals surface area contributed by atoms with E-state index in [2.05, 4.69) is 25.5 Å². The molecule has 0 amide bonds. The molecule has 3 aromatic rings. The second-order valence-electron chi connectivity index (χ2n) is 8.59. The molecule has 0 bridgehead atoms. The van der Waals surface area contributed by atoms with Crippen LogP contribution in [0.15, 0.2) is 48.7 Å². The highest BCUT2D eigenvalue weighted by molar-refractivity contribution is 7.70. The lowest BCUT2D eigenvalue weighted by Gasteiger charge is -2.29. The molecule has 0 atom stereocenters. The summed E-state index contributed by atoms with van der Waals surface area (Å²) in [6.07, 6.45) is -3.93. The minimum Gasteiger partial charge on any atom is -0.495 e. The van der Waals surface area contributed by atoms with Gasteiger partial charge in [-0.1, -0.05) is 0 Å². The lowest BCUT2D eigenvalue weighted by atomic mass is 10.2. The smallest absolute Gasteiger partial charge is 0.421 e. The molecule has 0 radical (unpaired) electrons. The Labute approximate surface area is 207 Å². The predicted molar refractivity (Wildman–Crippen MR) is 135 cm³/mol. The van der Waals surface area contributed by atoms with Crippen LogP contribution in [0.25, 0.3) is 0 Å². The van der Waals surface area contributed by atoms with Crippen molar-refractivity contribution in [3.05, 3.63) is 54.2 Å². The molecule has 36 heavy (non-hydrogen) atoms. The maximum atomic E-state index is 13.7. The van der Waals surface area contributed by atoms with E-state index in [9.17, 15) is 17.7 Å². The molecule has 8 nitrogen and oxygen atoms in total. The summed E-state index contributed by atoms with van der Waals surface area (Å²) in [6.45, 7) is 6.05. The van der Waals surface area contributed by atoms with Gasteiger partial charge < -0.3 is 29.6 Å². The van der Waals surface area contributed by atoms with Gasteiger partial charge in [-0.2, -0.15) is 18.2 Å². The van der Waals surface area contributed by atoms with Gasteiger partial charge in [0.1, 0.15) is 24.3 Å². The summed E-state index contributed by atoms with van der Waals surface area (Å²) in [5, 5.41) is 6.28. The maximum absolute atomic E-state index is 13.7. The van der Waals surface area contributed by atoms with Crippen molar-refractivity contribution in [1.29, 1.82) is 0 Å². The summed E-state index contributed by atoms with van der Waals surface area (Å²) < 4.78 is 64.2. The quantitative estimate of drug-likeness (QED) is 0.417. The molecule has 0 aliphatic carbocycles. The van der Waals surface area contributed by atoms with Crippen molar-refractivity contribution in [2.45, 2.75) is 6.18 Å². The van der Waals surface area contributed by atoms with E-state index in [-0.39, 0.29) is 11.8 Å². The molecule has 1 aliphatic heterocycles. The number of hydrogen-bond donors (Lipinski definition) is 2. The molecule has 1 saturated heterocycles. The highest BCUT2D eigenvalue weighted by atomic mass is 31.2. The second kappa shape index (κ2) is 10.4. The Bertz CT molecular complexity index is 1260. The SMILES string of the molecule is COc1cc(P(C)(C)=O)ccc1Nc1ncc(C(F)(F)F)c(Nc2ccc(N3CCOCC3)cc2)n1. The van der Waals surface area contributed by atoms with Crippen molar-refractivity contribution in [2.24, 2.45) is 0 Å². The summed E-state index contributed by atoms with van der Waals surface area (Å²) >= 11 is 0. The molecule has 1 aromatic heterocycles. The predicted octanol–water partition coefficient (Wildman–Crippen LogP) is 5.08. The average Bonchev–Trinajstić information content (AvgIpc) is 2.84. The van der Waals surface area contributed by atoms with Crippen LogP contribution in [0.5, 0.6) is 5.75 Å². The van der Waals surface area contributed by atoms with E-state index in [4.69, 9.17) is 9.47 Å². The molecule has 2 heterocycles. The van der Waals surface area contributed by atoms with Crippen molar-refractivity contribution >= 4 is 41.3 Å². The molecule has 1 aliphatic rings. The number of aromatic nitrogens is 2. The van der Waals surface area contributed by atoms with Gasteiger partial charge in [-0.15, -0.1) is 0 Å². The van der Waals surface area contributed by atoms with Gasteiger partial charge in [-0.05, 0) is 55.8 Å². The summed E-state index contributed by atoms with van der Waals surface area (Å²) in [6, 6.07) is 12.0. The third-order valence-corrected chi connectivity index (χ3v) is 7.18. The Morgan fingerprint density at radius 2 is 1.75 bits per heavy atom. The molecule has 0 unspecified atom stereocenters. The average molecular weight is 521 g/mol. The zero-order valence-electron chi connectivity index (χ0n) is 20.1. The van der Waals surface area contributed by atoms with Crippen LogP contribution in [-0.4, -0.2) is 56.7 Å². The van der Waals surface area contributed by atoms with Crippen LogP contribution in [-0.2, 0) is 15.5 Å². The van der Waals surface area contributed by atoms with E-state index in [0.29, 0.717) is 35.6 Å². The van der Waals surface area contributed by atoms with Crippen LogP contribution in [0.1, 0.15) is 5.56 Å².